The normalized spacial score (nSPS) is 14.1. The third kappa shape index (κ3) is 4.44. The third-order valence-electron chi connectivity index (χ3n) is 4.07. The fourth-order valence-corrected chi connectivity index (χ4v) is 2.53. The Morgan fingerprint density at radius 3 is 2.12 bits per heavy atom. The monoisotopic (exact) mass is 337 g/mol. The van der Waals surface area contributed by atoms with E-state index >= 15 is 0 Å². The number of nitrogens with two attached hydrogens (primary N) is 1. The molecule has 0 radical (unpaired) electrons. The Bertz CT molecular complexity index is 837. The predicted octanol–water partition coefficient (Wildman–Crippen LogP) is 3.84. The van der Waals surface area contributed by atoms with Crippen LogP contribution < -0.4 is 5.73 Å². The molecule has 0 aliphatic heterocycles. The van der Waals surface area contributed by atoms with Crippen LogP contribution in [0.15, 0.2) is 72.8 Å². The maximum Gasteiger partial charge on any atom is 0.340 e. The highest BCUT2D eigenvalue weighted by Crippen LogP contribution is 2.22. The predicted molar refractivity (Wildman–Crippen MR) is 100 cm³/mol. The Morgan fingerprint density at radius 1 is 0.960 bits per heavy atom. The van der Waals surface area contributed by atoms with Crippen LogP contribution in [0, 0.1) is 0 Å². The quantitative estimate of drug-likeness (QED) is 0.678. The van der Waals surface area contributed by atoms with Crippen LogP contribution in [-0.2, 0) is 10.4 Å². The maximum absolute atomic E-state index is 10.6. The third-order valence-corrected chi connectivity index (χ3v) is 4.07. The van der Waals surface area contributed by atoms with Crippen LogP contribution in [0.2, 0.25) is 0 Å². The zero-order chi connectivity index (χ0) is 18.4. The highest BCUT2D eigenvalue weighted by molar-refractivity contribution is 5.86. The van der Waals surface area contributed by atoms with Crippen molar-refractivity contribution < 1.29 is 15.0 Å². The molecule has 3 rings (SSSR count). The van der Waals surface area contributed by atoms with Gasteiger partial charge in [-0.1, -0.05) is 72.8 Å². The van der Waals surface area contributed by atoms with Crippen LogP contribution in [-0.4, -0.2) is 16.2 Å². The minimum atomic E-state index is -1.79. The Kier molecular flexibility index (Phi) is 5.91. The molecule has 0 aliphatic rings. The summed E-state index contributed by atoms with van der Waals surface area (Å²) >= 11 is 0. The molecule has 130 valence electrons. The SMILES string of the molecule is C[C@@](O)(C(=O)O)c1ccccc1.C[C@H](N)c1cccc2ccccc12. The summed E-state index contributed by atoms with van der Waals surface area (Å²) in [5.41, 5.74) is 5.70. The topological polar surface area (TPSA) is 83.5 Å². The fourth-order valence-electron chi connectivity index (χ4n) is 2.53. The molecular formula is C21H23NO3. The summed E-state index contributed by atoms with van der Waals surface area (Å²) in [4.78, 5) is 10.6. The second-order valence-electron chi connectivity index (χ2n) is 6.10. The van der Waals surface area contributed by atoms with Crippen LogP contribution >= 0.6 is 0 Å². The first-order valence-corrected chi connectivity index (χ1v) is 8.08. The molecule has 0 aliphatic carbocycles. The van der Waals surface area contributed by atoms with Crippen molar-refractivity contribution in [3.05, 3.63) is 83.9 Å². The van der Waals surface area contributed by atoms with Gasteiger partial charge in [0.15, 0.2) is 5.60 Å². The van der Waals surface area contributed by atoms with Crippen molar-refractivity contribution in [2.75, 3.05) is 0 Å². The van der Waals surface area contributed by atoms with Gasteiger partial charge in [-0.15, -0.1) is 0 Å². The summed E-state index contributed by atoms with van der Waals surface area (Å²) in [6, 6.07) is 23.0. The Labute approximate surface area is 147 Å². The summed E-state index contributed by atoms with van der Waals surface area (Å²) < 4.78 is 0. The van der Waals surface area contributed by atoms with E-state index < -0.39 is 11.6 Å². The van der Waals surface area contributed by atoms with Crippen LogP contribution in [0.1, 0.15) is 31.0 Å². The lowest BCUT2D eigenvalue weighted by Gasteiger charge is -2.17. The van der Waals surface area contributed by atoms with Crippen LogP contribution in [0.3, 0.4) is 0 Å². The molecule has 3 aromatic rings. The highest BCUT2D eigenvalue weighted by Gasteiger charge is 2.31. The van der Waals surface area contributed by atoms with E-state index in [4.69, 9.17) is 10.8 Å². The van der Waals surface area contributed by atoms with Gasteiger partial charge in [0.25, 0.3) is 0 Å². The number of carboxylic acid groups (broad SMARTS) is 1. The smallest absolute Gasteiger partial charge is 0.340 e. The molecule has 0 saturated carbocycles. The Hall–Kier alpha value is -2.69. The number of fused-ring (bicyclic) bond motifs is 1. The van der Waals surface area contributed by atoms with Crippen molar-refractivity contribution in [1.29, 1.82) is 0 Å². The number of benzene rings is 3. The molecular weight excluding hydrogens is 314 g/mol. The molecule has 0 unspecified atom stereocenters. The number of hydrogen-bond donors (Lipinski definition) is 3. The first kappa shape index (κ1) is 18.6. The number of aliphatic hydroxyl groups is 1. The molecule has 4 N–H and O–H groups in total. The molecule has 0 saturated heterocycles. The van der Waals surface area contributed by atoms with Gasteiger partial charge in [-0.05, 0) is 35.7 Å². The number of carbonyl (C=O) groups is 1. The molecule has 0 amide bonds. The van der Waals surface area contributed by atoms with E-state index in [2.05, 4.69) is 30.3 Å². The van der Waals surface area contributed by atoms with E-state index in [1.165, 1.54) is 23.3 Å². The van der Waals surface area contributed by atoms with Gasteiger partial charge in [-0.2, -0.15) is 0 Å². The maximum atomic E-state index is 10.6. The van der Waals surface area contributed by atoms with Crippen molar-refractivity contribution in [1.82, 2.24) is 0 Å². The van der Waals surface area contributed by atoms with E-state index in [1.807, 2.05) is 19.1 Å². The molecule has 0 aromatic heterocycles. The second-order valence-corrected chi connectivity index (χ2v) is 6.10. The zero-order valence-electron chi connectivity index (χ0n) is 14.4. The van der Waals surface area contributed by atoms with Crippen LogP contribution in [0.5, 0.6) is 0 Å². The molecule has 4 nitrogen and oxygen atoms in total. The Morgan fingerprint density at radius 2 is 1.52 bits per heavy atom. The molecule has 0 bridgehead atoms. The molecule has 25 heavy (non-hydrogen) atoms. The van der Waals surface area contributed by atoms with Crippen molar-refractivity contribution in [3.8, 4) is 0 Å². The summed E-state index contributed by atoms with van der Waals surface area (Å²) in [7, 11) is 0. The minimum absolute atomic E-state index is 0.103. The summed E-state index contributed by atoms with van der Waals surface area (Å²) in [6.45, 7) is 3.27. The van der Waals surface area contributed by atoms with Gasteiger partial charge in [-0.3, -0.25) is 0 Å². The Balaban J connectivity index is 0.000000181. The van der Waals surface area contributed by atoms with Crippen LogP contribution in [0.25, 0.3) is 10.8 Å². The lowest BCUT2D eigenvalue weighted by atomic mass is 9.97. The number of hydrogen-bond acceptors (Lipinski definition) is 3. The standard InChI is InChI=1S/C12H13N.C9H10O3/c1-9(13)11-8-4-6-10-5-2-3-7-12(10)11;1-9(12,8(10)11)7-5-3-2-4-6-7/h2-9H,13H2,1H3;2-6,12H,1H3,(H,10,11)/t2*9-/m00/s1. The molecule has 4 heteroatoms. The number of rotatable bonds is 3. The molecule has 0 spiro atoms. The second kappa shape index (κ2) is 7.92. The molecule has 3 aromatic carbocycles. The first-order valence-electron chi connectivity index (χ1n) is 8.08. The van der Waals surface area contributed by atoms with Gasteiger partial charge in [0.1, 0.15) is 0 Å². The van der Waals surface area contributed by atoms with Crippen molar-refractivity contribution in [2.45, 2.75) is 25.5 Å². The average molecular weight is 337 g/mol. The zero-order valence-corrected chi connectivity index (χ0v) is 14.4. The van der Waals surface area contributed by atoms with E-state index in [0.717, 1.165) is 0 Å². The number of carboxylic acids is 1. The molecule has 0 heterocycles. The summed E-state index contributed by atoms with van der Waals surface area (Å²) in [5, 5.41) is 20.6. The van der Waals surface area contributed by atoms with Gasteiger partial charge in [0.05, 0.1) is 0 Å². The van der Waals surface area contributed by atoms with E-state index in [-0.39, 0.29) is 6.04 Å². The summed E-state index contributed by atoms with van der Waals surface area (Å²) in [5.74, 6) is -1.24. The molecule has 0 fully saturated rings. The van der Waals surface area contributed by atoms with Gasteiger partial charge >= 0.3 is 5.97 Å². The van der Waals surface area contributed by atoms with E-state index in [1.54, 1.807) is 30.3 Å². The largest absolute Gasteiger partial charge is 0.479 e. The average Bonchev–Trinajstić information content (AvgIpc) is 2.62. The lowest BCUT2D eigenvalue weighted by Crippen LogP contribution is -2.31. The number of aliphatic carboxylic acids is 1. The fraction of sp³-hybridized carbons (Fsp3) is 0.190. The van der Waals surface area contributed by atoms with E-state index in [9.17, 15) is 9.90 Å². The highest BCUT2D eigenvalue weighted by atomic mass is 16.4. The van der Waals surface area contributed by atoms with Crippen LogP contribution in [0.4, 0.5) is 0 Å². The van der Waals surface area contributed by atoms with Crippen molar-refractivity contribution in [3.63, 3.8) is 0 Å². The first-order chi connectivity index (χ1) is 11.8. The van der Waals surface area contributed by atoms with Crippen molar-refractivity contribution >= 4 is 16.7 Å². The van der Waals surface area contributed by atoms with Gasteiger partial charge in [0, 0.05) is 6.04 Å². The van der Waals surface area contributed by atoms with Crippen molar-refractivity contribution in [2.24, 2.45) is 5.73 Å². The van der Waals surface area contributed by atoms with Gasteiger partial charge in [-0.25, -0.2) is 4.79 Å². The van der Waals surface area contributed by atoms with E-state index in [0.29, 0.717) is 5.56 Å². The van der Waals surface area contributed by atoms with Gasteiger partial charge in [0.2, 0.25) is 0 Å². The molecule has 2 atom stereocenters. The summed E-state index contributed by atoms with van der Waals surface area (Å²) in [6.07, 6.45) is 0. The minimum Gasteiger partial charge on any atom is -0.479 e. The lowest BCUT2D eigenvalue weighted by molar-refractivity contribution is -0.157. The van der Waals surface area contributed by atoms with Gasteiger partial charge < -0.3 is 15.9 Å².